The molecule has 1 rings (SSSR count). The summed E-state index contributed by atoms with van der Waals surface area (Å²) in [5, 5.41) is 0. The van der Waals surface area contributed by atoms with Gasteiger partial charge in [0.2, 0.25) is 5.91 Å². The van der Waals surface area contributed by atoms with E-state index in [4.69, 9.17) is 5.73 Å². The van der Waals surface area contributed by atoms with E-state index in [1.165, 1.54) is 0 Å². The lowest BCUT2D eigenvalue weighted by molar-refractivity contribution is -0.138. The molecule has 0 bridgehead atoms. The quantitative estimate of drug-likeness (QED) is 0.843. The fourth-order valence-corrected chi connectivity index (χ4v) is 2.82. The average Bonchev–Trinajstić information content (AvgIpc) is 2.13. The first-order chi connectivity index (χ1) is 7.63. The Morgan fingerprint density at radius 1 is 1.39 bits per heavy atom. The molecule has 3 nitrogen and oxygen atoms in total. The maximum Gasteiger partial charge on any atom is 0.227 e. The molecule has 0 aromatic heterocycles. The smallest absolute Gasteiger partial charge is 0.227 e. The molecule has 0 radical (unpaired) electrons. The summed E-state index contributed by atoms with van der Waals surface area (Å²) in [5.74, 6) is 0.230. The van der Waals surface area contributed by atoms with Gasteiger partial charge in [-0.15, -0.1) is 12.4 Å². The molecule has 0 saturated heterocycles. The molecule has 0 aliphatic heterocycles. The van der Waals surface area contributed by atoms with Crippen molar-refractivity contribution in [3.8, 4) is 0 Å². The van der Waals surface area contributed by atoms with E-state index in [1.54, 1.807) is 0 Å². The van der Waals surface area contributed by atoms with E-state index < -0.39 is 0 Å². The fourth-order valence-electron chi connectivity index (χ4n) is 2.82. The molecule has 4 heteroatoms. The summed E-state index contributed by atoms with van der Waals surface area (Å²) in [6, 6.07) is 0. The first-order valence-electron chi connectivity index (χ1n) is 6.67. The second kappa shape index (κ2) is 6.25. The highest BCUT2D eigenvalue weighted by Crippen LogP contribution is 2.33. The van der Waals surface area contributed by atoms with Gasteiger partial charge >= 0.3 is 0 Å². The third-order valence-corrected chi connectivity index (χ3v) is 3.64. The summed E-state index contributed by atoms with van der Waals surface area (Å²) in [6.45, 7) is 9.27. The molecule has 0 aromatic rings. The molecule has 18 heavy (non-hydrogen) atoms. The van der Waals surface area contributed by atoms with Crippen LogP contribution in [0.2, 0.25) is 0 Å². The molecule has 1 aliphatic carbocycles. The summed E-state index contributed by atoms with van der Waals surface area (Å²) in [5.41, 5.74) is 6.10. The second-order valence-corrected chi connectivity index (χ2v) is 7.06. The molecule has 1 amide bonds. The molecule has 108 valence electrons. The van der Waals surface area contributed by atoms with Crippen molar-refractivity contribution in [2.24, 2.45) is 17.1 Å². The van der Waals surface area contributed by atoms with Crippen LogP contribution in [0.5, 0.6) is 0 Å². The molecule has 0 aromatic carbocycles. The number of nitrogens with two attached hydrogens (primary N) is 1. The van der Waals surface area contributed by atoms with Crippen molar-refractivity contribution < 1.29 is 4.79 Å². The van der Waals surface area contributed by atoms with Gasteiger partial charge in [0.05, 0.1) is 5.92 Å². The van der Waals surface area contributed by atoms with Crippen LogP contribution < -0.4 is 5.73 Å². The molecule has 2 N–H and O–H groups in total. The van der Waals surface area contributed by atoms with E-state index in [0.29, 0.717) is 0 Å². The number of amides is 1. The maximum atomic E-state index is 12.4. The highest BCUT2D eigenvalue weighted by molar-refractivity contribution is 5.85. The van der Waals surface area contributed by atoms with Gasteiger partial charge in [-0.05, 0) is 25.2 Å². The van der Waals surface area contributed by atoms with Gasteiger partial charge < -0.3 is 10.6 Å². The molecular formula is C14H29ClN2O. The van der Waals surface area contributed by atoms with Gasteiger partial charge in [0.15, 0.2) is 0 Å². The summed E-state index contributed by atoms with van der Waals surface area (Å²) in [6.07, 6.45) is 4.19. The molecule has 1 fully saturated rings. The van der Waals surface area contributed by atoms with E-state index in [0.717, 1.165) is 32.2 Å². The monoisotopic (exact) mass is 276 g/mol. The molecule has 0 spiro atoms. The Bertz CT molecular complexity index is 284. The Balaban J connectivity index is 0.00000289. The lowest BCUT2D eigenvalue weighted by atomic mass is 9.74. The first-order valence-corrected chi connectivity index (χ1v) is 6.67. The van der Waals surface area contributed by atoms with Crippen LogP contribution in [-0.4, -0.2) is 29.9 Å². The minimum atomic E-state index is -0.318. The number of carbonyl (C=O) groups is 1. The predicted octanol–water partition coefficient (Wildman–Crippen LogP) is 2.82. The molecule has 2 unspecified atom stereocenters. The van der Waals surface area contributed by atoms with Gasteiger partial charge in [-0.25, -0.2) is 0 Å². The zero-order valence-electron chi connectivity index (χ0n) is 12.5. The van der Waals surface area contributed by atoms with Crippen LogP contribution in [0.3, 0.4) is 0 Å². The van der Waals surface area contributed by atoms with E-state index in [-0.39, 0.29) is 35.2 Å². The second-order valence-electron chi connectivity index (χ2n) is 7.06. The molecule has 1 saturated carbocycles. The van der Waals surface area contributed by atoms with Crippen LogP contribution in [0.4, 0.5) is 0 Å². The number of nitrogens with zero attached hydrogens (tertiary/aromatic N) is 1. The van der Waals surface area contributed by atoms with Crippen molar-refractivity contribution in [1.82, 2.24) is 4.90 Å². The highest BCUT2D eigenvalue weighted by atomic mass is 35.5. The van der Waals surface area contributed by atoms with E-state index in [1.807, 2.05) is 18.9 Å². The van der Waals surface area contributed by atoms with Crippen molar-refractivity contribution in [3.05, 3.63) is 0 Å². The Morgan fingerprint density at radius 3 is 2.39 bits per heavy atom. The highest BCUT2D eigenvalue weighted by Gasteiger charge is 2.39. The molecule has 0 heterocycles. The number of rotatable bonds is 2. The van der Waals surface area contributed by atoms with Gasteiger partial charge in [-0.2, -0.15) is 0 Å². The van der Waals surface area contributed by atoms with Crippen LogP contribution >= 0.6 is 12.4 Å². The third kappa shape index (κ3) is 4.77. The Labute approximate surface area is 118 Å². The summed E-state index contributed by atoms with van der Waals surface area (Å²) in [4.78, 5) is 14.3. The third-order valence-electron chi connectivity index (χ3n) is 3.64. The molecule has 1 aliphatic rings. The maximum absolute atomic E-state index is 12.4. The first kappa shape index (κ1) is 17.7. The van der Waals surface area contributed by atoms with Crippen molar-refractivity contribution in [2.75, 3.05) is 13.6 Å². The molecular weight excluding hydrogens is 248 g/mol. The number of hydrogen-bond acceptors (Lipinski definition) is 2. The largest absolute Gasteiger partial charge is 0.345 e. The topological polar surface area (TPSA) is 46.3 Å². The zero-order chi connectivity index (χ0) is 13.3. The number of halogens is 1. The zero-order valence-corrected chi connectivity index (χ0v) is 13.3. The van der Waals surface area contributed by atoms with Crippen LogP contribution in [0.25, 0.3) is 0 Å². The number of hydrogen-bond donors (Lipinski definition) is 1. The Morgan fingerprint density at radius 2 is 1.94 bits per heavy atom. The normalized spacial score (nSPS) is 28.4. The predicted molar refractivity (Wildman–Crippen MR) is 78.9 cm³/mol. The van der Waals surface area contributed by atoms with Crippen molar-refractivity contribution in [1.29, 1.82) is 0 Å². The fraction of sp³-hybridized carbons (Fsp3) is 0.929. The van der Waals surface area contributed by atoms with Gasteiger partial charge in [0, 0.05) is 19.1 Å². The minimum absolute atomic E-state index is 0. The lowest BCUT2D eigenvalue weighted by Crippen LogP contribution is -2.53. The van der Waals surface area contributed by atoms with E-state index in [2.05, 4.69) is 20.8 Å². The standard InChI is InChI=1S/C14H28N2O.ClH/c1-13(2,3)10-16(5)12(17)11-8-6-7-9-14(11,4)15;/h11H,6-10,15H2,1-5H3;1H. The van der Waals surface area contributed by atoms with Crippen LogP contribution in [0.15, 0.2) is 0 Å². The van der Waals surface area contributed by atoms with Crippen molar-refractivity contribution in [3.63, 3.8) is 0 Å². The summed E-state index contributed by atoms with van der Waals surface area (Å²) in [7, 11) is 1.90. The van der Waals surface area contributed by atoms with E-state index in [9.17, 15) is 4.79 Å². The van der Waals surface area contributed by atoms with Crippen molar-refractivity contribution >= 4 is 18.3 Å². The van der Waals surface area contributed by atoms with Crippen LogP contribution in [0.1, 0.15) is 53.4 Å². The van der Waals surface area contributed by atoms with E-state index >= 15 is 0 Å². The lowest BCUT2D eigenvalue weighted by Gasteiger charge is -2.40. The Hall–Kier alpha value is -0.280. The average molecular weight is 277 g/mol. The number of carbonyl (C=O) groups excluding carboxylic acids is 1. The Kier molecular flexibility index (Phi) is 6.15. The van der Waals surface area contributed by atoms with Gasteiger partial charge in [-0.1, -0.05) is 33.6 Å². The summed E-state index contributed by atoms with van der Waals surface area (Å²) >= 11 is 0. The van der Waals surface area contributed by atoms with Gasteiger partial charge in [-0.3, -0.25) is 4.79 Å². The van der Waals surface area contributed by atoms with Gasteiger partial charge in [0.1, 0.15) is 0 Å². The molecule has 2 atom stereocenters. The van der Waals surface area contributed by atoms with Crippen molar-refractivity contribution in [2.45, 2.75) is 58.9 Å². The van der Waals surface area contributed by atoms with Crippen LogP contribution in [-0.2, 0) is 4.79 Å². The summed E-state index contributed by atoms with van der Waals surface area (Å²) < 4.78 is 0. The van der Waals surface area contributed by atoms with Gasteiger partial charge in [0.25, 0.3) is 0 Å². The SMILES string of the molecule is CN(CC(C)(C)C)C(=O)C1CCCCC1(C)N.Cl. The minimum Gasteiger partial charge on any atom is -0.345 e. The van der Waals surface area contributed by atoms with Crippen LogP contribution in [0, 0.1) is 11.3 Å².